The number of nitrogens with zero attached hydrogens (tertiary/aromatic N) is 2. The van der Waals surface area contributed by atoms with E-state index >= 15 is 0 Å². The molecule has 0 aliphatic heterocycles. The highest BCUT2D eigenvalue weighted by atomic mass is 32.2. The highest BCUT2D eigenvalue weighted by Crippen LogP contribution is 2.34. The van der Waals surface area contributed by atoms with E-state index in [1.165, 1.54) is 28.6 Å². The molecular weight excluding hydrogens is 334 g/mol. The third-order valence-electron chi connectivity index (χ3n) is 3.90. The largest absolute Gasteiger partial charge is 0.383 e. The van der Waals surface area contributed by atoms with Crippen LogP contribution in [0.4, 0.5) is 0 Å². The van der Waals surface area contributed by atoms with Crippen molar-refractivity contribution in [1.29, 1.82) is 0 Å². The van der Waals surface area contributed by atoms with Gasteiger partial charge >= 0.3 is 0 Å². The summed E-state index contributed by atoms with van der Waals surface area (Å²) in [7, 11) is 1.60. The first-order valence-electron chi connectivity index (χ1n) is 7.57. The number of carbonyl (C=O) groups is 1. The van der Waals surface area contributed by atoms with Crippen molar-refractivity contribution >= 4 is 39.2 Å². The van der Waals surface area contributed by atoms with E-state index in [2.05, 4.69) is 4.98 Å². The van der Waals surface area contributed by atoms with Crippen LogP contribution in [0.25, 0.3) is 10.2 Å². The summed E-state index contributed by atoms with van der Waals surface area (Å²) in [6.07, 6.45) is 4.26. The summed E-state index contributed by atoms with van der Waals surface area (Å²) in [6.45, 7) is 0.841. The number of nitrogens with two attached hydrogens (primary N) is 1. The number of rotatable bonds is 6. The molecule has 0 saturated heterocycles. The second-order valence-corrected chi connectivity index (χ2v) is 7.52. The monoisotopic (exact) mass is 353 g/mol. The number of hydrogen-bond acceptors (Lipinski definition) is 6. The van der Waals surface area contributed by atoms with Gasteiger partial charge in [-0.1, -0.05) is 11.8 Å². The molecule has 8 heteroatoms. The van der Waals surface area contributed by atoms with Crippen molar-refractivity contribution < 1.29 is 9.53 Å². The number of thioether (sulfide) groups is 1. The zero-order valence-corrected chi connectivity index (χ0v) is 14.6. The lowest BCUT2D eigenvalue weighted by Crippen LogP contribution is -2.26. The summed E-state index contributed by atoms with van der Waals surface area (Å²) < 4.78 is 6.71. The molecule has 2 aromatic rings. The fourth-order valence-corrected chi connectivity index (χ4v) is 4.91. The second kappa shape index (κ2) is 7.02. The molecule has 0 unspecified atom stereocenters. The molecule has 1 amide bonds. The predicted octanol–water partition coefficient (Wildman–Crippen LogP) is 1.56. The minimum atomic E-state index is -0.423. The van der Waals surface area contributed by atoms with E-state index in [1.807, 2.05) is 0 Å². The van der Waals surface area contributed by atoms with Gasteiger partial charge in [0.25, 0.3) is 5.56 Å². The third-order valence-corrected chi connectivity index (χ3v) is 6.09. The van der Waals surface area contributed by atoms with Gasteiger partial charge < -0.3 is 10.5 Å². The van der Waals surface area contributed by atoms with E-state index in [1.54, 1.807) is 23.0 Å². The van der Waals surface area contributed by atoms with Gasteiger partial charge in [0, 0.05) is 12.0 Å². The van der Waals surface area contributed by atoms with E-state index < -0.39 is 5.91 Å². The van der Waals surface area contributed by atoms with Crippen LogP contribution in [0, 0.1) is 0 Å². The molecule has 1 aliphatic carbocycles. The van der Waals surface area contributed by atoms with E-state index in [-0.39, 0.29) is 11.3 Å². The van der Waals surface area contributed by atoms with Crippen molar-refractivity contribution in [3.05, 3.63) is 20.8 Å². The van der Waals surface area contributed by atoms with Gasteiger partial charge in [0.05, 0.1) is 24.3 Å². The molecule has 23 heavy (non-hydrogen) atoms. The van der Waals surface area contributed by atoms with Crippen molar-refractivity contribution in [2.75, 3.05) is 19.5 Å². The number of aryl methyl sites for hydroxylation is 2. The predicted molar refractivity (Wildman–Crippen MR) is 92.3 cm³/mol. The number of methoxy groups -OCH3 is 1. The summed E-state index contributed by atoms with van der Waals surface area (Å²) >= 11 is 2.82. The van der Waals surface area contributed by atoms with Crippen LogP contribution in [-0.2, 0) is 28.9 Å². The maximum atomic E-state index is 13.0. The maximum absolute atomic E-state index is 13.0. The molecule has 2 heterocycles. The van der Waals surface area contributed by atoms with Crippen LogP contribution in [0.5, 0.6) is 0 Å². The van der Waals surface area contributed by atoms with Crippen LogP contribution in [-0.4, -0.2) is 34.9 Å². The Balaban J connectivity index is 2.13. The standard InChI is InChI=1S/C15H19N3O3S2/c1-21-7-6-18-14(20)12-9-4-2-3-5-10(9)23-13(12)17-15(18)22-8-11(16)19/h2-8H2,1H3,(H2,16,19). The number of hydrogen-bond donors (Lipinski definition) is 1. The minimum absolute atomic E-state index is 0.0292. The number of carbonyl (C=O) groups excluding carboxylic acids is 1. The molecule has 0 spiro atoms. The van der Waals surface area contributed by atoms with Crippen molar-refractivity contribution in [3.63, 3.8) is 0 Å². The zero-order valence-electron chi connectivity index (χ0n) is 13.0. The highest BCUT2D eigenvalue weighted by Gasteiger charge is 2.22. The summed E-state index contributed by atoms with van der Waals surface area (Å²) in [4.78, 5) is 30.8. The van der Waals surface area contributed by atoms with E-state index in [0.29, 0.717) is 18.3 Å². The molecule has 0 aromatic carbocycles. The zero-order chi connectivity index (χ0) is 16.4. The Morgan fingerprint density at radius 3 is 2.96 bits per heavy atom. The molecule has 0 fully saturated rings. The summed E-state index contributed by atoms with van der Waals surface area (Å²) in [5, 5.41) is 1.29. The molecule has 6 nitrogen and oxygen atoms in total. The Hall–Kier alpha value is -1.38. The van der Waals surface area contributed by atoms with E-state index in [0.717, 1.165) is 29.5 Å². The topological polar surface area (TPSA) is 87.2 Å². The van der Waals surface area contributed by atoms with Crippen LogP contribution in [0.15, 0.2) is 9.95 Å². The molecular formula is C15H19N3O3S2. The third kappa shape index (κ3) is 3.29. The maximum Gasteiger partial charge on any atom is 0.263 e. The Morgan fingerprint density at radius 2 is 2.22 bits per heavy atom. The molecule has 0 saturated carbocycles. The van der Waals surface area contributed by atoms with E-state index in [9.17, 15) is 9.59 Å². The summed E-state index contributed by atoms with van der Waals surface area (Å²) in [6, 6.07) is 0. The molecule has 0 radical (unpaired) electrons. The van der Waals surface area contributed by atoms with Crippen LogP contribution < -0.4 is 11.3 Å². The van der Waals surface area contributed by atoms with Gasteiger partial charge in [-0.05, 0) is 31.2 Å². The Kier molecular flexibility index (Phi) is 5.03. The lowest BCUT2D eigenvalue weighted by atomic mass is 9.97. The lowest BCUT2D eigenvalue weighted by molar-refractivity contribution is -0.115. The number of ether oxygens (including phenoxy) is 1. The van der Waals surface area contributed by atoms with Gasteiger partial charge in [-0.2, -0.15) is 0 Å². The SMILES string of the molecule is COCCn1c(SCC(N)=O)nc2sc3c(c2c1=O)CCCC3. The smallest absolute Gasteiger partial charge is 0.263 e. The molecule has 124 valence electrons. The first-order chi connectivity index (χ1) is 11.1. The van der Waals surface area contributed by atoms with Gasteiger partial charge in [-0.25, -0.2) is 4.98 Å². The first-order valence-corrected chi connectivity index (χ1v) is 9.37. The van der Waals surface area contributed by atoms with Crippen LogP contribution in [0.3, 0.4) is 0 Å². The van der Waals surface area contributed by atoms with Crippen molar-refractivity contribution in [1.82, 2.24) is 9.55 Å². The van der Waals surface area contributed by atoms with Crippen molar-refractivity contribution in [3.8, 4) is 0 Å². The number of amides is 1. The van der Waals surface area contributed by atoms with Gasteiger partial charge in [-0.15, -0.1) is 11.3 Å². The summed E-state index contributed by atoms with van der Waals surface area (Å²) in [5.41, 5.74) is 6.37. The molecule has 1 aliphatic rings. The Morgan fingerprint density at radius 1 is 1.43 bits per heavy atom. The lowest BCUT2D eigenvalue weighted by Gasteiger charge is -2.12. The summed E-state index contributed by atoms with van der Waals surface area (Å²) in [5.74, 6) is -0.316. The molecule has 2 N–H and O–H groups in total. The van der Waals surface area contributed by atoms with Gasteiger partial charge in [0.1, 0.15) is 4.83 Å². The van der Waals surface area contributed by atoms with Crippen molar-refractivity contribution in [2.45, 2.75) is 37.4 Å². The van der Waals surface area contributed by atoms with E-state index in [4.69, 9.17) is 10.5 Å². The van der Waals surface area contributed by atoms with Crippen LogP contribution in [0.1, 0.15) is 23.3 Å². The average Bonchev–Trinajstić information content (AvgIpc) is 2.90. The fourth-order valence-electron chi connectivity index (χ4n) is 2.85. The van der Waals surface area contributed by atoms with Crippen molar-refractivity contribution in [2.24, 2.45) is 5.73 Å². The number of primary amides is 1. The minimum Gasteiger partial charge on any atom is -0.383 e. The first kappa shape index (κ1) is 16.5. The highest BCUT2D eigenvalue weighted by molar-refractivity contribution is 7.99. The Bertz CT molecular complexity index is 797. The fraction of sp³-hybridized carbons (Fsp3) is 0.533. The van der Waals surface area contributed by atoms with Crippen LogP contribution in [0.2, 0.25) is 0 Å². The van der Waals surface area contributed by atoms with Gasteiger partial charge in [-0.3, -0.25) is 14.2 Å². The molecule has 3 rings (SSSR count). The average molecular weight is 353 g/mol. The number of aromatic nitrogens is 2. The number of thiophene rings is 1. The quantitative estimate of drug-likeness (QED) is 0.629. The molecule has 0 bridgehead atoms. The van der Waals surface area contributed by atoms with Gasteiger partial charge in [0.15, 0.2) is 5.16 Å². The molecule has 2 aromatic heterocycles. The number of fused-ring (bicyclic) bond motifs is 3. The molecule has 0 atom stereocenters. The van der Waals surface area contributed by atoms with Gasteiger partial charge in [0.2, 0.25) is 5.91 Å². The Labute approximate surface area is 142 Å². The second-order valence-electron chi connectivity index (χ2n) is 5.49. The normalized spacial score (nSPS) is 14.1. The van der Waals surface area contributed by atoms with Crippen LogP contribution >= 0.6 is 23.1 Å².